The summed E-state index contributed by atoms with van der Waals surface area (Å²) in [6.07, 6.45) is 10.8. The number of hydrogen-bond acceptors (Lipinski definition) is 2. The van der Waals surface area contributed by atoms with Crippen molar-refractivity contribution in [3.8, 4) is 0 Å². The molecule has 1 atom stereocenters. The van der Waals surface area contributed by atoms with Crippen LogP contribution < -0.4 is 0 Å². The molecule has 0 aromatic rings. The number of hydrogen-bond donors (Lipinski definition) is 0. The van der Waals surface area contributed by atoms with Gasteiger partial charge in [0.2, 0.25) is 8.03 Å². The zero-order valence-electron chi connectivity index (χ0n) is 9.71. The first-order valence-corrected chi connectivity index (χ1v) is 7.57. The molecule has 1 fully saturated rings. The van der Waals surface area contributed by atoms with Gasteiger partial charge in [-0.3, -0.25) is 4.57 Å². The van der Waals surface area contributed by atoms with E-state index < -0.39 is 8.03 Å². The van der Waals surface area contributed by atoms with Crippen LogP contribution in [0.5, 0.6) is 0 Å². The van der Waals surface area contributed by atoms with Crippen LogP contribution in [-0.4, -0.2) is 6.61 Å². The van der Waals surface area contributed by atoms with Gasteiger partial charge in [-0.15, -0.1) is 0 Å². The predicted molar refractivity (Wildman–Crippen MR) is 65.6 cm³/mol. The van der Waals surface area contributed by atoms with E-state index in [2.05, 4.69) is 13.0 Å². The molecule has 0 aromatic heterocycles. The highest BCUT2D eigenvalue weighted by Crippen LogP contribution is 2.29. The molecule has 0 N–H and O–H groups in total. The van der Waals surface area contributed by atoms with Crippen LogP contribution in [0.3, 0.4) is 0 Å². The van der Waals surface area contributed by atoms with E-state index in [4.69, 9.17) is 4.52 Å². The van der Waals surface area contributed by atoms with Crippen molar-refractivity contribution >= 4 is 8.03 Å². The van der Waals surface area contributed by atoms with Crippen LogP contribution in [0.1, 0.15) is 51.9 Å². The van der Waals surface area contributed by atoms with Gasteiger partial charge in [0.15, 0.2) is 0 Å². The third-order valence-corrected chi connectivity index (χ3v) is 3.85. The van der Waals surface area contributed by atoms with Gasteiger partial charge in [0, 0.05) is 0 Å². The minimum atomic E-state index is -1.89. The SMILES string of the molecule is CCCCO[PH](=O)C=CC1CCCCC1. The smallest absolute Gasteiger partial charge is 0.213 e. The highest BCUT2D eigenvalue weighted by atomic mass is 31.1. The fraction of sp³-hybridized carbons (Fsp3) is 0.833. The Bertz CT molecular complexity index is 208. The number of unbranched alkanes of at least 4 members (excludes halogenated alkanes) is 1. The number of rotatable bonds is 6. The van der Waals surface area contributed by atoms with Crippen LogP contribution in [0.2, 0.25) is 0 Å². The molecule has 1 aliphatic rings. The lowest BCUT2D eigenvalue weighted by Crippen LogP contribution is -2.02. The van der Waals surface area contributed by atoms with E-state index >= 15 is 0 Å². The Labute approximate surface area is 94.0 Å². The lowest BCUT2D eigenvalue weighted by Gasteiger charge is -2.17. The maximum absolute atomic E-state index is 11.4. The van der Waals surface area contributed by atoms with Crippen molar-refractivity contribution < 1.29 is 9.09 Å². The minimum Gasteiger partial charge on any atom is -0.328 e. The molecule has 1 saturated carbocycles. The van der Waals surface area contributed by atoms with Crippen LogP contribution in [0.25, 0.3) is 0 Å². The summed E-state index contributed by atoms with van der Waals surface area (Å²) >= 11 is 0. The highest BCUT2D eigenvalue weighted by molar-refractivity contribution is 7.42. The average Bonchev–Trinajstić information content (AvgIpc) is 2.28. The second-order valence-electron chi connectivity index (χ2n) is 4.28. The van der Waals surface area contributed by atoms with Crippen molar-refractivity contribution in [3.05, 3.63) is 11.9 Å². The molecule has 0 aromatic carbocycles. The topological polar surface area (TPSA) is 26.3 Å². The molecule has 0 spiro atoms. The normalized spacial score (nSPS) is 20.9. The van der Waals surface area contributed by atoms with Crippen LogP contribution in [0, 0.1) is 5.92 Å². The van der Waals surface area contributed by atoms with E-state index in [0.29, 0.717) is 12.5 Å². The summed E-state index contributed by atoms with van der Waals surface area (Å²) < 4.78 is 16.7. The Kier molecular flexibility index (Phi) is 7.04. The lowest BCUT2D eigenvalue weighted by atomic mass is 9.90. The quantitative estimate of drug-likeness (QED) is 0.500. The van der Waals surface area contributed by atoms with Gasteiger partial charge < -0.3 is 4.52 Å². The van der Waals surface area contributed by atoms with E-state index in [-0.39, 0.29) is 0 Å². The molecule has 15 heavy (non-hydrogen) atoms. The molecule has 88 valence electrons. The second kappa shape index (κ2) is 8.13. The first-order valence-electron chi connectivity index (χ1n) is 6.18. The van der Waals surface area contributed by atoms with Crippen molar-refractivity contribution in [2.75, 3.05) is 6.61 Å². The molecule has 2 nitrogen and oxygen atoms in total. The molecule has 0 heterocycles. The van der Waals surface area contributed by atoms with E-state index in [1.807, 2.05) is 0 Å². The van der Waals surface area contributed by atoms with Gasteiger partial charge in [-0.05, 0) is 31.0 Å². The summed E-state index contributed by atoms with van der Waals surface area (Å²) in [7, 11) is -1.89. The standard InChI is InChI=1S/C12H23O2P/c1-2-3-10-14-15(13)11-9-12-7-5-4-6-8-12/h9,11-12,15H,2-8,10H2,1H3. The van der Waals surface area contributed by atoms with Gasteiger partial charge in [0.25, 0.3) is 0 Å². The first kappa shape index (κ1) is 13.0. The highest BCUT2D eigenvalue weighted by Gasteiger charge is 2.09. The molecule has 0 radical (unpaired) electrons. The van der Waals surface area contributed by atoms with E-state index in [1.54, 1.807) is 5.82 Å². The van der Waals surface area contributed by atoms with Crippen molar-refractivity contribution in [1.82, 2.24) is 0 Å². The Morgan fingerprint density at radius 3 is 2.73 bits per heavy atom. The monoisotopic (exact) mass is 230 g/mol. The lowest BCUT2D eigenvalue weighted by molar-refractivity contribution is 0.326. The molecule has 3 heteroatoms. The summed E-state index contributed by atoms with van der Waals surface area (Å²) in [5.41, 5.74) is 0. The Hall–Kier alpha value is -0.0700. The van der Waals surface area contributed by atoms with Gasteiger partial charge in [-0.25, -0.2) is 0 Å². The fourth-order valence-corrected chi connectivity index (χ4v) is 2.78. The Morgan fingerprint density at radius 1 is 1.33 bits per heavy atom. The molecular formula is C12H23O2P. The van der Waals surface area contributed by atoms with Gasteiger partial charge in [-0.1, -0.05) is 38.7 Å². The van der Waals surface area contributed by atoms with Gasteiger partial charge in [-0.2, -0.15) is 0 Å². The molecule has 0 saturated heterocycles. The maximum atomic E-state index is 11.4. The molecule has 1 unspecified atom stereocenters. The fourth-order valence-electron chi connectivity index (χ4n) is 1.91. The van der Waals surface area contributed by atoms with Crippen molar-refractivity contribution in [3.63, 3.8) is 0 Å². The third kappa shape index (κ3) is 6.17. The molecular weight excluding hydrogens is 207 g/mol. The molecule has 0 amide bonds. The van der Waals surface area contributed by atoms with Gasteiger partial charge in [0.1, 0.15) is 0 Å². The molecule has 0 bridgehead atoms. The molecule has 0 aliphatic heterocycles. The van der Waals surface area contributed by atoms with Crippen molar-refractivity contribution in [1.29, 1.82) is 0 Å². The van der Waals surface area contributed by atoms with Crippen LogP contribution in [-0.2, 0) is 9.09 Å². The van der Waals surface area contributed by atoms with E-state index in [9.17, 15) is 4.57 Å². The first-order chi connectivity index (χ1) is 7.33. The van der Waals surface area contributed by atoms with Crippen LogP contribution in [0.15, 0.2) is 11.9 Å². The third-order valence-electron chi connectivity index (χ3n) is 2.90. The number of allylic oxidation sites excluding steroid dienone is 1. The zero-order valence-corrected chi connectivity index (χ0v) is 10.7. The summed E-state index contributed by atoms with van der Waals surface area (Å²) in [5, 5.41) is 0. The van der Waals surface area contributed by atoms with E-state index in [1.165, 1.54) is 32.1 Å². The second-order valence-corrected chi connectivity index (χ2v) is 5.54. The van der Waals surface area contributed by atoms with Crippen LogP contribution >= 0.6 is 8.03 Å². The van der Waals surface area contributed by atoms with E-state index in [0.717, 1.165) is 12.8 Å². The Balaban J connectivity index is 2.14. The molecule has 1 aliphatic carbocycles. The van der Waals surface area contributed by atoms with Crippen molar-refractivity contribution in [2.24, 2.45) is 5.92 Å². The summed E-state index contributed by atoms with van der Waals surface area (Å²) in [5.74, 6) is 2.46. The summed E-state index contributed by atoms with van der Waals surface area (Å²) in [6.45, 7) is 2.75. The predicted octanol–water partition coefficient (Wildman–Crippen LogP) is 4.37. The molecule has 1 rings (SSSR count). The van der Waals surface area contributed by atoms with Gasteiger partial charge >= 0.3 is 0 Å². The summed E-state index contributed by atoms with van der Waals surface area (Å²) in [6, 6.07) is 0. The Morgan fingerprint density at radius 2 is 2.07 bits per heavy atom. The van der Waals surface area contributed by atoms with Gasteiger partial charge in [0.05, 0.1) is 6.61 Å². The maximum Gasteiger partial charge on any atom is 0.213 e. The average molecular weight is 230 g/mol. The van der Waals surface area contributed by atoms with Crippen LogP contribution in [0.4, 0.5) is 0 Å². The largest absolute Gasteiger partial charge is 0.328 e. The summed E-state index contributed by atoms with van der Waals surface area (Å²) in [4.78, 5) is 0. The van der Waals surface area contributed by atoms with Crippen molar-refractivity contribution in [2.45, 2.75) is 51.9 Å². The minimum absolute atomic E-state index is 0.642. The zero-order chi connectivity index (χ0) is 10.9.